The summed E-state index contributed by atoms with van der Waals surface area (Å²) in [5.74, 6) is -2.30. The Balaban J connectivity index is 1.90. The molecule has 0 saturated carbocycles. The van der Waals surface area contributed by atoms with E-state index in [2.05, 4.69) is 15.0 Å². The van der Waals surface area contributed by atoms with E-state index < -0.39 is 52.5 Å². The number of phenols is 1. The molecule has 1 saturated heterocycles. The molecule has 12 heteroatoms. The lowest BCUT2D eigenvalue weighted by atomic mass is 9.95. The van der Waals surface area contributed by atoms with Crippen LogP contribution in [-0.2, 0) is 0 Å². The molecule has 1 aromatic carbocycles. The molecule has 43 heavy (non-hydrogen) atoms. The van der Waals surface area contributed by atoms with Gasteiger partial charge in [0.2, 0.25) is 0 Å². The number of carbonyl (C=O) groups is 1. The minimum absolute atomic E-state index is 0.0181. The second-order valence-electron chi connectivity index (χ2n) is 11.6. The van der Waals surface area contributed by atoms with E-state index in [1.807, 2.05) is 27.7 Å². The van der Waals surface area contributed by atoms with E-state index in [4.69, 9.17) is 0 Å². The van der Waals surface area contributed by atoms with Crippen LogP contribution in [0.1, 0.15) is 64.5 Å². The fraction of sp³-hybridized carbons (Fsp3) is 0.387. The first-order valence-electron chi connectivity index (χ1n) is 14.2. The molecule has 1 aliphatic rings. The Kier molecular flexibility index (Phi) is 7.80. The van der Waals surface area contributed by atoms with E-state index in [0.717, 1.165) is 23.3 Å². The lowest BCUT2D eigenvalue weighted by Crippen LogP contribution is -2.58. The molecule has 0 unspecified atom stereocenters. The van der Waals surface area contributed by atoms with Gasteiger partial charge in [-0.3, -0.25) is 4.98 Å². The van der Waals surface area contributed by atoms with Crippen LogP contribution in [0.25, 0.3) is 28.0 Å². The summed E-state index contributed by atoms with van der Waals surface area (Å²) >= 11 is 0. The van der Waals surface area contributed by atoms with E-state index in [1.165, 1.54) is 21.6 Å². The number of aromatic hydroxyl groups is 1. The van der Waals surface area contributed by atoms with Crippen LogP contribution >= 0.6 is 0 Å². The minimum Gasteiger partial charge on any atom is -0.507 e. The molecule has 4 heterocycles. The summed E-state index contributed by atoms with van der Waals surface area (Å²) in [6, 6.07) is 3.92. The second-order valence-corrected chi connectivity index (χ2v) is 11.6. The molecule has 1 amide bonds. The topological polar surface area (TPSA) is 125 Å². The minimum atomic E-state index is -1.06. The lowest BCUT2D eigenvalue weighted by molar-refractivity contribution is 0.114. The van der Waals surface area contributed by atoms with Crippen LogP contribution < -0.4 is 10.6 Å². The number of anilines is 1. The van der Waals surface area contributed by atoms with E-state index in [9.17, 15) is 19.8 Å². The molecule has 0 bridgehead atoms. The molecule has 1 aliphatic heterocycles. The van der Waals surface area contributed by atoms with Crippen molar-refractivity contribution >= 4 is 22.9 Å². The molecule has 5 rings (SSSR count). The number of halogens is 2. The number of nitrogens with zero attached hydrogens (tertiary/aromatic N) is 6. The highest BCUT2D eigenvalue weighted by Gasteiger charge is 2.35. The third-order valence-corrected chi connectivity index (χ3v) is 7.98. The molecule has 1 fully saturated rings. The number of rotatable bonds is 5. The number of amides is 1. The number of phenolic OH excluding ortho intramolecular Hbond substituents is 1. The van der Waals surface area contributed by atoms with Crippen molar-refractivity contribution in [3.05, 3.63) is 69.9 Å². The average Bonchev–Trinajstić information content (AvgIpc) is 2.93. The molecule has 10 nitrogen and oxygen atoms in total. The quantitative estimate of drug-likeness (QED) is 0.305. The van der Waals surface area contributed by atoms with Crippen LogP contribution in [-0.4, -0.2) is 65.9 Å². The Labute approximate surface area is 247 Å². The predicted molar refractivity (Wildman–Crippen MR) is 159 cm³/mol. The molecule has 0 radical (unpaired) electrons. The van der Waals surface area contributed by atoms with Crippen molar-refractivity contribution in [2.24, 2.45) is 0 Å². The van der Waals surface area contributed by atoms with E-state index >= 15 is 8.78 Å². The van der Waals surface area contributed by atoms with Gasteiger partial charge in [-0.2, -0.15) is 4.98 Å². The van der Waals surface area contributed by atoms with Gasteiger partial charge in [0.25, 0.3) is 0 Å². The van der Waals surface area contributed by atoms with Gasteiger partial charge in [0, 0.05) is 37.6 Å². The highest BCUT2D eigenvalue weighted by molar-refractivity contribution is 5.91. The maximum Gasteiger partial charge on any atom is 0.407 e. The van der Waals surface area contributed by atoms with Crippen LogP contribution in [0.15, 0.2) is 41.5 Å². The van der Waals surface area contributed by atoms with Gasteiger partial charge in [0.1, 0.15) is 23.1 Å². The zero-order valence-corrected chi connectivity index (χ0v) is 24.8. The SMILES string of the molecule is CC(C)c1cncc(C(C)C)c1-n1c(=O)nc(N2C[C@@H](C)N(C(=O)O)C[C@@H]2C)c2cc(F)c(-c3c(O)cccc3F)nc21. The first kappa shape index (κ1) is 29.9. The summed E-state index contributed by atoms with van der Waals surface area (Å²) < 4.78 is 32.3. The third-order valence-electron chi connectivity index (χ3n) is 7.98. The number of hydrogen-bond acceptors (Lipinski definition) is 7. The van der Waals surface area contributed by atoms with Crippen LogP contribution in [0, 0.1) is 11.6 Å². The third kappa shape index (κ3) is 5.15. The summed E-state index contributed by atoms with van der Waals surface area (Å²) in [5.41, 5.74) is 0.417. The molecule has 0 spiro atoms. The van der Waals surface area contributed by atoms with Crippen molar-refractivity contribution in [2.75, 3.05) is 18.0 Å². The fourth-order valence-electron chi connectivity index (χ4n) is 5.73. The Hall–Kier alpha value is -4.61. The van der Waals surface area contributed by atoms with Crippen LogP contribution in [0.5, 0.6) is 5.75 Å². The normalized spacial score (nSPS) is 17.3. The maximum absolute atomic E-state index is 15.9. The molecule has 3 aromatic heterocycles. The van der Waals surface area contributed by atoms with Gasteiger partial charge in [-0.05, 0) is 55.0 Å². The van der Waals surface area contributed by atoms with Crippen molar-refractivity contribution in [3.8, 4) is 22.7 Å². The van der Waals surface area contributed by atoms with Gasteiger partial charge in [-0.1, -0.05) is 33.8 Å². The number of aromatic nitrogens is 4. The summed E-state index contributed by atoms with van der Waals surface area (Å²) in [5, 5.41) is 20.3. The molecular weight excluding hydrogens is 558 g/mol. The zero-order valence-electron chi connectivity index (χ0n) is 24.8. The smallest absolute Gasteiger partial charge is 0.407 e. The van der Waals surface area contributed by atoms with Crippen molar-refractivity contribution in [2.45, 2.75) is 65.5 Å². The summed E-state index contributed by atoms with van der Waals surface area (Å²) in [6.45, 7) is 11.7. The van der Waals surface area contributed by atoms with E-state index in [1.54, 1.807) is 31.1 Å². The average molecular weight is 593 g/mol. The van der Waals surface area contributed by atoms with Crippen molar-refractivity contribution in [1.82, 2.24) is 24.4 Å². The van der Waals surface area contributed by atoms with Crippen LogP contribution in [0.2, 0.25) is 0 Å². The number of pyridine rings is 2. The monoisotopic (exact) mass is 592 g/mol. The second kappa shape index (κ2) is 11.2. The standard InChI is InChI=1S/C31H34F2N6O4/c1-15(2)20-11-34-12-21(16(3)4)27(20)39-29-19(10-23(33)26(35-29)25-22(32)8-7-9-24(25)40)28(36-30(39)41)37-13-18(6)38(31(42)43)14-17(37)5/h7-12,15-18,40H,13-14H2,1-6H3,(H,42,43)/t17-,18+/m0/s1. The molecule has 2 atom stereocenters. The Bertz CT molecular complexity index is 1740. The van der Waals surface area contributed by atoms with Gasteiger partial charge in [-0.25, -0.2) is 27.9 Å². The number of carboxylic acid groups (broad SMARTS) is 1. The number of benzene rings is 1. The van der Waals surface area contributed by atoms with Crippen LogP contribution in [0.3, 0.4) is 0 Å². The lowest BCUT2D eigenvalue weighted by Gasteiger charge is -2.43. The van der Waals surface area contributed by atoms with Gasteiger partial charge < -0.3 is 20.0 Å². The first-order valence-corrected chi connectivity index (χ1v) is 14.2. The Morgan fingerprint density at radius 2 is 1.63 bits per heavy atom. The molecule has 0 aliphatic carbocycles. The van der Waals surface area contributed by atoms with Crippen molar-refractivity contribution in [1.29, 1.82) is 0 Å². The first-order chi connectivity index (χ1) is 20.3. The summed E-state index contributed by atoms with van der Waals surface area (Å²) in [7, 11) is 0. The predicted octanol–water partition coefficient (Wildman–Crippen LogP) is 5.65. The maximum atomic E-state index is 15.9. The highest BCUT2D eigenvalue weighted by atomic mass is 19.1. The highest BCUT2D eigenvalue weighted by Crippen LogP contribution is 2.38. The number of piperazine rings is 1. The summed E-state index contributed by atoms with van der Waals surface area (Å²) in [4.78, 5) is 42.4. The molecule has 4 aromatic rings. The van der Waals surface area contributed by atoms with Crippen molar-refractivity contribution < 1.29 is 23.8 Å². The van der Waals surface area contributed by atoms with E-state index in [0.29, 0.717) is 5.69 Å². The molecular formula is C31H34F2N6O4. The van der Waals surface area contributed by atoms with Gasteiger partial charge >= 0.3 is 11.8 Å². The number of fused-ring (bicyclic) bond motifs is 1. The summed E-state index contributed by atoms with van der Waals surface area (Å²) in [6.07, 6.45) is 2.27. The van der Waals surface area contributed by atoms with Crippen molar-refractivity contribution in [3.63, 3.8) is 0 Å². The van der Waals surface area contributed by atoms with Gasteiger partial charge in [0.15, 0.2) is 11.5 Å². The number of hydrogen-bond donors (Lipinski definition) is 2. The molecule has 226 valence electrons. The van der Waals surface area contributed by atoms with Gasteiger partial charge in [0.05, 0.1) is 16.6 Å². The largest absolute Gasteiger partial charge is 0.507 e. The van der Waals surface area contributed by atoms with E-state index in [-0.39, 0.29) is 41.8 Å². The zero-order chi connectivity index (χ0) is 31.3. The molecule has 2 N–H and O–H groups in total. The van der Waals surface area contributed by atoms with Gasteiger partial charge in [-0.15, -0.1) is 0 Å². The van der Waals surface area contributed by atoms with Crippen LogP contribution in [0.4, 0.5) is 19.4 Å². The fourth-order valence-corrected chi connectivity index (χ4v) is 5.73. The Morgan fingerprint density at radius 1 is 0.977 bits per heavy atom. The Morgan fingerprint density at radius 3 is 2.21 bits per heavy atom.